The Morgan fingerprint density at radius 1 is 1.28 bits per heavy atom. The van der Waals surface area contributed by atoms with Crippen molar-refractivity contribution in [1.82, 2.24) is 9.62 Å². The van der Waals surface area contributed by atoms with E-state index in [1.165, 1.54) is 4.31 Å². The van der Waals surface area contributed by atoms with Crippen LogP contribution in [0, 0.1) is 18.8 Å². The number of hydrogen-bond acceptors (Lipinski definition) is 4. The number of amides is 1. The lowest BCUT2D eigenvalue weighted by molar-refractivity contribution is -0.126. The summed E-state index contributed by atoms with van der Waals surface area (Å²) in [6.07, 6.45) is 3.69. The Balaban J connectivity index is 1.61. The second-order valence-corrected chi connectivity index (χ2v) is 9.20. The van der Waals surface area contributed by atoms with Gasteiger partial charge in [0, 0.05) is 25.7 Å². The van der Waals surface area contributed by atoms with Crippen LogP contribution in [0.5, 0.6) is 0 Å². The van der Waals surface area contributed by atoms with Crippen molar-refractivity contribution in [2.24, 2.45) is 17.6 Å². The first-order valence-corrected chi connectivity index (χ1v) is 10.4. The molecule has 138 valence electrons. The van der Waals surface area contributed by atoms with E-state index in [9.17, 15) is 13.2 Å². The van der Waals surface area contributed by atoms with E-state index in [1.54, 1.807) is 24.3 Å². The lowest BCUT2D eigenvalue weighted by atomic mass is 9.98. The lowest BCUT2D eigenvalue weighted by Gasteiger charge is -2.31. The second-order valence-electron chi connectivity index (χ2n) is 7.26. The van der Waals surface area contributed by atoms with Crippen molar-refractivity contribution >= 4 is 15.9 Å². The van der Waals surface area contributed by atoms with Crippen LogP contribution >= 0.6 is 0 Å². The standard InChI is InChI=1S/C18H27N3O3S/c1-13-4-8-16(9-5-13)25(23,24)21-10-2-3-15(12-21)18(22)20-11-17(19)14-6-7-14/h4-5,8-9,14-15,17H,2-3,6-7,10-12,19H2,1H3,(H,20,22). The molecule has 2 aliphatic rings. The molecule has 0 aromatic heterocycles. The molecule has 1 aromatic rings. The van der Waals surface area contributed by atoms with Gasteiger partial charge in [-0.15, -0.1) is 0 Å². The number of benzene rings is 1. The molecule has 0 radical (unpaired) electrons. The van der Waals surface area contributed by atoms with Gasteiger partial charge in [-0.1, -0.05) is 17.7 Å². The van der Waals surface area contributed by atoms with Gasteiger partial charge in [-0.25, -0.2) is 8.42 Å². The van der Waals surface area contributed by atoms with Crippen LogP contribution in [0.3, 0.4) is 0 Å². The first-order chi connectivity index (χ1) is 11.9. The highest BCUT2D eigenvalue weighted by atomic mass is 32.2. The van der Waals surface area contributed by atoms with Crippen LogP contribution in [0.15, 0.2) is 29.2 Å². The van der Waals surface area contributed by atoms with E-state index in [2.05, 4.69) is 5.32 Å². The minimum atomic E-state index is -3.55. The predicted molar refractivity (Wildman–Crippen MR) is 96.4 cm³/mol. The summed E-state index contributed by atoms with van der Waals surface area (Å²) >= 11 is 0. The molecule has 1 aliphatic carbocycles. The maximum absolute atomic E-state index is 12.8. The van der Waals surface area contributed by atoms with Crippen molar-refractivity contribution in [3.05, 3.63) is 29.8 Å². The van der Waals surface area contributed by atoms with E-state index >= 15 is 0 Å². The average Bonchev–Trinajstić information content (AvgIpc) is 3.45. The van der Waals surface area contributed by atoms with Crippen molar-refractivity contribution in [2.75, 3.05) is 19.6 Å². The number of nitrogens with two attached hydrogens (primary N) is 1. The maximum Gasteiger partial charge on any atom is 0.243 e. The van der Waals surface area contributed by atoms with Crippen molar-refractivity contribution in [2.45, 2.75) is 43.5 Å². The second kappa shape index (κ2) is 7.43. The summed E-state index contributed by atoms with van der Waals surface area (Å²) in [5.74, 6) is 0.144. The zero-order valence-corrected chi connectivity index (χ0v) is 15.5. The topological polar surface area (TPSA) is 92.5 Å². The first kappa shape index (κ1) is 18.4. The highest BCUT2D eigenvalue weighted by molar-refractivity contribution is 7.89. The molecule has 1 saturated carbocycles. The van der Waals surface area contributed by atoms with Gasteiger partial charge < -0.3 is 11.1 Å². The number of carbonyl (C=O) groups excluding carboxylic acids is 1. The number of nitrogens with zero attached hydrogens (tertiary/aromatic N) is 1. The van der Waals surface area contributed by atoms with E-state index in [-0.39, 0.29) is 29.3 Å². The number of nitrogens with one attached hydrogen (secondary N) is 1. The molecule has 3 N–H and O–H groups in total. The molecule has 2 unspecified atom stereocenters. The molecular weight excluding hydrogens is 338 g/mol. The van der Waals surface area contributed by atoms with Gasteiger partial charge in [-0.2, -0.15) is 4.31 Å². The fourth-order valence-electron chi connectivity index (χ4n) is 3.29. The van der Waals surface area contributed by atoms with Gasteiger partial charge in [0.1, 0.15) is 0 Å². The van der Waals surface area contributed by atoms with Crippen LogP contribution < -0.4 is 11.1 Å². The molecule has 0 bridgehead atoms. The van der Waals surface area contributed by atoms with Gasteiger partial charge in [0.2, 0.25) is 15.9 Å². The average molecular weight is 365 g/mol. The summed E-state index contributed by atoms with van der Waals surface area (Å²) in [6, 6.07) is 6.85. The molecule has 2 atom stereocenters. The zero-order chi connectivity index (χ0) is 18.0. The molecule has 0 spiro atoms. The molecular formula is C18H27N3O3S. The van der Waals surface area contributed by atoms with E-state index in [0.29, 0.717) is 31.8 Å². The van der Waals surface area contributed by atoms with Crippen LogP contribution in [0.25, 0.3) is 0 Å². The summed E-state index contributed by atoms with van der Waals surface area (Å²) < 4.78 is 27.0. The zero-order valence-electron chi connectivity index (χ0n) is 14.6. The van der Waals surface area contributed by atoms with Gasteiger partial charge in [0.05, 0.1) is 10.8 Å². The fraction of sp³-hybridized carbons (Fsp3) is 0.611. The maximum atomic E-state index is 12.8. The number of rotatable bonds is 6. The Bertz CT molecular complexity index is 714. The van der Waals surface area contributed by atoms with Gasteiger partial charge in [-0.3, -0.25) is 4.79 Å². The van der Waals surface area contributed by atoms with E-state index in [0.717, 1.165) is 18.4 Å². The minimum Gasteiger partial charge on any atom is -0.354 e. The Morgan fingerprint density at radius 3 is 2.60 bits per heavy atom. The van der Waals surface area contributed by atoms with Crippen molar-refractivity contribution < 1.29 is 13.2 Å². The molecule has 1 aliphatic heterocycles. The lowest BCUT2D eigenvalue weighted by Crippen LogP contribution is -2.47. The van der Waals surface area contributed by atoms with Gasteiger partial charge in [0.25, 0.3) is 0 Å². The van der Waals surface area contributed by atoms with E-state index in [1.807, 2.05) is 6.92 Å². The molecule has 6 nitrogen and oxygen atoms in total. The Hall–Kier alpha value is -1.44. The first-order valence-electron chi connectivity index (χ1n) is 8.98. The van der Waals surface area contributed by atoms with Crippen LogP contribution in [0.2, 0.25) is 0 Å². The van der Waals surface area contributed by atoms with Crippen LogP contribution in [-0.4, -0.2) is 44.3 Å². The van der Waals surface area contributed by atoms with Gasteiger partial charge >= 0.3 is 0 Å². The quantitative estimate of drug-likeness (QED) is 0.793. The highest BCUT2D eigenvalue weighted by Gasteiger charge is 2.34. The summed E-state index contributed by atoms with van der Waals surface area (Å²) in [6.45, 7) is 3.09. The smallest absolute Gasteiger partial charge is 0.243 e. The van der Waals surface area contributed by atoms with E-state index in [4.69, 9.17) is 5.73 Å². The van der Waals surface area contributed by atoms with Crippen LogP contribution in [0.1, 0.15) is 31.2 Å². The molecule has 3 rings (SSSR count). The number of piperidine rings is 1. The van der Waals surface area contributed by atoms with Crippen LogP contribution in [0.4, 0.5) is 0 Å². The van der Waals surface area contributed by atoms with Gasteiger partial charge in [-0.05, 0) is 50.7 Å². The summed E-state index contributed by atoms with van der Waals surface area (Å²) in [4.78, 5) is 12.7. The largest absolute Gasteiger partial charge is 0.354 e. The summed E-state index contributed by atoms with van der Waals surface area (Å²) in [7, 11) is -3.55. The number of sulfonamides is 1. The van der Waals surface area contributed by atoms with Gasteiger partial charge in [0.15, 0.2) is 0 Å². The normalized spacial score (nSPS) is 23.2. The number of aryl methyl sites for hydroxylation is 1. The molecule has 1 saturated heterocycles. The van der Waals surface area contributed by atoms with E-state index < -0.39 is 10.0 Å². The molecule has 1 amide bonds. The third-order valence-corrected chi connectivity index (χ3v) is 7.03. The fourth-order valence-corrected chi connectivity index (χ4v) is 4.81. The third-order valence-electron chi connectivity index (χ3n) is 5.15. The highest BCUT2D eigenvalue weighted by Crippen LogP contribution is 2.31. The Labute approximate surface area is 149 Å². The number of carbonyl (C=O) groups is 1. The SMILES string of the molecule is Cc1ccc(S(=O)(=O)N2CCCC(C(=O)NCC(N)C3CC3)C2)cc1. The molecule has 2 fully saturated rings. The molecule has 7 heteroatoms. The molecule has 25 heavy (non-hydrogen) atoms. The monoisotopic (exact) mass is 365 g/mol. The Morgan fingerprint density at radius 2 is 1.96 bits per heavy atom. The van der Waals surface area contributed by atoms with Crippen molar-refractivity contribution in [3.8, 4) is 0 Å². The summed E-state index contributed by atoms with van der Waals surface area (Å²) in [5, 5.41) is 2.91. The molecule has 1 aromatic carbocycles. The summed E-state index contributed by atoms with van der Waals surface area (Å²) in [5.41, 5.74) is 7.04. The predicted octanol–water partition coefficient (Wildman–Crippen LogP) is 1.25. The minimum absolute atomic E-state index is 0.0138. The van der Waals surface area contributed by atoms with Crippen molar-refractivity contribution in [1.29, 1.82) is 0 Å². The third kappa shape index (κ3) is 4.40. The Kier molecular flexibility index (Phi) is 5.46. The molecule has 1 heterocycles. The van der Waals surface area contributed by atoms with Crippen LogP contribution in [-0.2, 0) is 14.8 Å². The number of hydrogen-bond donors (Lipinski definition) is 2. The van der Waals surface area contributed by atoms with Crippen molar-refractivity contribution in [3.63, 3.8) is 0 Å².